The van der Waals surface area contributed by atoms with Crippen molar-refractivity contribution in [3.8, 4) is 0 Å². The lowest BCUT2D eigenvalue weighted by Crippen LogP contribution is -2.25. The molecule has 2 aromatic rings. The number of carbonyl (C=O) groups excluding carboxylic acids is 3. The van der Waals surface area contributed by atoms with Crippen LogP contribution in [-0.2, 0) is 9.59 Å². The number of amides is 2. The predicted octanol–water partition coefficient (Wildman–Crippen LogP) is 3.36. The first-order valence-corrected chi connectivity index (χ1v) is 9.07. The second-order valence-electron chi connectivity index (χ2n) is 6.93. The molecule has 0 atom stereocenters. The van der Waals surface area contributed by atoms with Gasteiger partial charge in [0.25, 0.3) is 11.8 Å². The molecule has 146 valence electrons. The van der Waals surface area contributed by atoms with Crippen LogP contribution in [0, 0.1) is 19.7 Å². The van der Waals surface area contributed by atoms with E-state index in [4.69, 9.17) is 0 Å². The summed E-state index contributed by atoms with van der Waals surface area (Å²) in [6, 6.07) is 4.13. The molecule has 3 N–H and O–H groups in total. The Kier molecular flexibility index (Phi) is 5.44. The average molecular weight is 383 g/mol. The van der Waals surface area contributed by atoms with Crippen LogP contribution in [0.15, 0.2) is 18.2 Å². The van der Waals surface area contributed by atoms with Crippen molar-refractivity contribution in [1.29, 1.82) is 0 Å². The minimum Gasteiger partial charge on any atom is -0.358 e. The van der Waals surface area contributed by atoms with E-state index < -0.39 is 5.82 Å². The molecule has 0 aliphatic carbocycles. The second-order valence-corrected chi connectivity index (χ2v) is 6.93. The molecule has 0 unspecified atom stereocenters. The van der Waals surface area contributed by atoms with E-state index in [1.54, 1.807) is 19.9 Å². The molecule has 1 aromatic carbocycles. The number of aromatic nitrogens is 1. The highest BCUT2D eigenvalue weighted by molar-refractivity contribution is 6.34. The first kappa shape index (κ1) is 19.5. The van der Waals surface area contributed by atoms with Gasteiger partial charge in [-0.3, -0.25) is 9.59 Å². The Hall–Kier alpha value is -3.22. The van der Waals surface area contributed by atoms with Crippen molar-refractivity contribution in [2.45, 2.75) is 33.6 Å². The van der Waals surface area contributed by atoms with Gasteiger partial charge in [0.2, 0.25) is 0 Å². The third kappa shape index (κ3) is 3.88. The Morgan fingerprint density at radius 1 is 1.25 bits per heavy atom. The fourth-order valence-electron chi connectivity index (χ4n) is 3.33. The van der Waals surface area contributed by atoms with E-state index in [0.717, 1.165) is 0 Å². The first-order chi connectivity index (χ1) is 13.3. The topological polar surface area (TPSA) is 91.1 Å². The van der Waals surface area contributed by atoms with Gasteiger partial charge in [-0.05, 0) is 57.0 Å². The summed E-state index contributed by atoms with van der Waals surface area (Å²) in [6.07, 6.45) is 2.65. The van der Waals surface area contributed by atoms with Gasteiger partial charge >= 0.3 is 0 Å². The third-order valence-electron chi connectivity index (χ3n) is 4.75. The van der Waals surface area contributed by atoms with E-state index in [2.05, 4.69) is 15.6 Å². The number of anilines is 1. The molecule has 7 heteroatoms. The number of carbonyl (C=O) groups is 3. The summed E-state index contributed by atoms with van der Waals surface area (Å²) in [5.74, 6) is -0.890. The summed E-state index contributed by atoms with van der Waals surface area (Å²) in [7, 11) is 0. The summed E-state index contributed by atoms with van der Waals surface area (Å²) in [6.45, 7) is 5.50. The van der Waals surface area contributed by atoms with Gasteiger partial charge in [-0.15, -0.1) is 0 Å². The number of aryl methyl sites for hydroxylation is 1. The Bertz CT molecular complexity index is 1000. The zero-order valence-corrected chi connectivity index (χ0v) is 16.0. The van der Waals surface area contributed by atoms with Gasteiger partial charge < -0.3 is 20.4 Å². The summed E-state index contributed by atoms with van der Waals surface area (Å²) < 4.78 is 13.6. The number of benzene rings is 1. The predicted molar refractivity (Wildman–Crippen MR) is 105 cm³/mol. The number of nitrogens with one attached hydrogen (secondary N) is 3. The molecule has 0 bridgehead atoms. The van der Waals surface area contributed by atoms with Crippen LogP contribution in [0.4, 0.5) is 10.1 Å². The van der Waals surface area contributed by atoms with Crippen LogP contribution in [0.3, 0.4) is 0 Å². The largest absolute Gasteiger partial charge is 0.358 e. The summed E-state index contributed by atoms with van der Waals surface area (Å²) >= 11 is 0. The summed E-state index contributed by atoms with van der Waals surface area (Å²) in [5, 5.41) is 5.52. The molecule has 0 saturated carbocycles. The molecule has 2 amide bonds. The number of H-pyrrole nitrogens is 1. The van der Waals surface area contributed by atoms with Gasteiger partial charge in [-0.2, -0.15) is 0 Å². The average Bonchev–Trinajstić information content (AvgIpc) is 3.08. The number of ketones is 1. The van der Waals surface area contributed by atoms with Crippen LogP contribution in [-0.4, -0.2) is 29.1 Å². The molecule has 0 radical (unpaired) electrons. The monoisotopic (exact) mass is 383 g/mol. The van der Waals surface area contributed by atoms with Crippen molar-refractivity contribution in [2.75, 3.05) is 11.9 Å². The molecule has 1 aromatic heterocycles. The third-order valence-corrected chi connectivity index (χ3v) is 4.75. The highest BCUT2D eigenvalue weighted by Gasteiger charge is 2.26. The molecule has 1 aliphatic rings. The van der Waals surface area contributed by atoms with Crippen molar-refractivity contribution in [1.82, 2.24) is 10.3 Å². The number of fused-ring (bicyclic) bond motifs is 1. The van der Waals surface area contributed by atoms with Crippen molar-refractivity contribution >= 4 is 34.9 Å². The molecule has 1 aliphatic heterocycles. The minimum atomic E-state index is -0.425. The fourth-order valence-corrected chi connectivity index (χ4v) is 3.33. The van der Waals surface area contributed by atoms with E-state index in [1.165, 1.54) is 25.1 Å². The van der Waals surface area contributed by atoms with E-state index in [1.807, 2.05) is 0 Å². The van der Waals surface area contributed by atoms with E-state index in [9.17, 15) is 18.8 Å². The standard InChI is InChI=1S/C21H22FN3O3/c1-11(26)5-4-8-23-21(28)19-12(2)18(24-13(19)3)10-16-15-9-14(22)6-7-17(15)25-20(16)27/h6-7,9-10,24H,4-5,8H2,1-3H3,(H,23,28)(H,25,27)/b16-10-. The van der Waals surface area contributed by atoms with E-state index in [-0.39, 0.29) is 17.6 Å². The Morgan fingerprint density at radius 3 is 2.71 bits per heavy atom. The van der Waals surface area contributed by atoms with Gasteiger partial charge in [0.1, 0.15) is 11.6 Å². The van der Waals surface area contributed by atoms with Crippen LogP contribution in [0.1, 0.15) is 52.6 Å². The molecule has 2 heterocycles. The summed E-state index contributed by atoms with van der Waals surface area (Å²) in [4.78, 5) is 38.9. The lowest BCUT2D eigenvalue weighted by molar-refractivity contribution is -0.117. The van der Waals surface area contributed by atoms with Crippen LogP contribution >= 0.6 is 0 Å². The Morgan fingerprint density at radius 2 is 2.00 bits per heavy atom. The molecule has 0 saturated heterocycles. The number of Topliss-reactive ketones (excluding diaryl/α,β-unsaturated/α-hetero) is 1. The minimum absolute atomic E-state index is 0.0868. The lowest BCUT2D eigenvalue weighted by atomic mass is 10.0. The number of hydrogen-bond donors (Lipinski definition) is 3. The van der Waals surface area contributed by atoms with Gasteiger partial charge in [0.05, 0.1) is 11.1 Å². The highest BCUT2D eigenvalue weighted by atomic mass is 19.1. The molecule has 6 nitrogen and oxygen atoms in total. The Labute approximate surface area is 162 Å². The number of rotatable bonds is 6. The maximum atomic E-state index is 13.6. The molecule has 28 heavy (non-hydrogen) atoms. The van der Waals surface area contributed by atoms with Crippen molar-refractivity contribution in [3.63, 3.8) is 0 Å². The number of halogens is 1. The van der Waals surface area contributed by atoms with Crippen LogP contribution in [0.25, 0.3) is 11.6 Å². The smallest absolute Gasteiger partial charge is 0.256 e. The maximum Gasteiger partial charge on any atom is 0.256 e. The lowest BCUT2D eigenvalue weighted by Gasteiger charge is -2.05. The quantitative estimate of drug-likeness (QED) is 0.528. The normalized spacial score (nSPS) is 14.1. The number of aromatic amines is 1. The fraction of sp³-hybridized carbons (Fsp3) is 0.286. The van der Waals surface area contributed by atoms with Crippen LogP contribution in [0.2, 0.25) is 0 Å². The van der Waals surface area contributed by atoms with Crippen molar-refractivity contribution < 1.29 is 18.8 Å². The zero-order valence-electron chi connectivity index (χ0n) is 16.0. The SMILES string of the molecule is CC(=O)CCCNC(=O)c1c(C)[nH]c(/C=C2\C(=O)Nc3ccc(F)cc32)c1C. The van der Waals surface area contributed by atoms with Crippen LogP contribution < -0.4 is 10.6 Å². The van der Waals surface area contributed by atoms with Gasteiger partial charge in [-0.1, -0.05) is 0 Å². The molecule has 0 fully saturated rings. The summed E-state index contributed by atoms with van der Waals surface area (Å²) in [5.41, 5.74) is 3.89. The molecule has 3 rings (SSSR count). The maximum absolute atomic E-state index is 13.6. The van der Waals surface area contributed by atoms with Gasteiger partial charge in [0, 0.05) is 35.6 Å². The molecular formula is C21H22FN3O3. The van der Waals surface area contributed by atoms with E-state index in [0.29, 0.717) is 58.7 Å². The van der Waals surface area contributed by atoms with Gasteiger partial charge in [0.15, 0.2) is 0 Å². The highest BCUT2D eigenvalue weighted by Crippen LogP contribution is 2.34. The zero-order chi connectivity index (χ0) is 20.4. The van der Waals surface area contributed by atoms with Gasteiger partial charge in [-0.25, -0.2) is 4.39 Å². The van der Waals surface area contributed by atoms with Crippen LogP contribution in [0.5, 0.6) is 0 Å². The number of hydrogen-bond acceptors (Lipinski definition) is 3. The van der Waals surface area contributed by atoms with Crippen molar-refractivity contribution in [2.24, 2.45) is 0 Å². The second kappa shape index (κ2) is 7.80. The first-order valence-electron chi connectivity index (χ1n) is 9.07. The molecule has 0 spiro atoms. The molecular weight excluding hydrogens is 361 g/mol. The Balaban J connectivity index is 1.86. The van der Waals surface area contributed by atoms with E-state index >= 15 is 0 Å². The van der Waals surface area contributed by atoms with Crippen molar-refractivity contribution in [3.05, 3.63) is 52.1 Å².